The van der Waals surface area contributed by atoms with Gasteiger partial charge in [0.2, 0.25) is 5.91 Å². The second kappa shape index (κ2) is 7.38. The van der Waals surface area contributed by atoms with E-state index in [4.69, 9.17) is 0 Å². The average Bonchev–Trinajstić information content (AvgIpc) is 3.27. The van der Waals surface area contributed by atoms with Gasteiger partial charge in [-0.15, -0.1) is 22.7 Å². The molecule has 4 rings (SSSR count). The van der Waals surface area contributed by atoms with Crippen LogP contribution < -0.4 is 5.32 Å². The molecule has 1 N–H and O–H groups in total. The Morgan fingerprint density at radius 2 is 2.04 bits per heavy atom. The van der Waals surface area contributed by atoms with Gasteiger partial charge in [0.05, 0.1) is 12.6 Å². The summed E-state index contributed by atoms with van der Waals surface area (Å²) in [7, 11) is 0. The van der Waals surface area contributed by atoms with Crippen LogP contribution in [-0.2, 0) is 11.2 Å². The van der Waals surface area contributed by atoms with E-state index in [1.165, 1.54) is 34.6 Å². The standard InChI is InChI=1S/C19H24N2OS2/c22-18(20-14-5-2-1-3-6-14)13-21-10-8-16-15(9-12-24-16)19(21)17-7-4-11-23-17/h4,7,9,11-12,14,19H,1-3,5-6,8,10,13H2,(H,20,22)/t19-/m1/s1. The van der Waals surface area contributed by atoms with Gasteiger partial charge in [0.25, 0.3) is 0 Å². The van der Waals surface area contributed by atoms with E-state index in [9.17, 15) is 4.79 Å². The summed E-state index contributed by atoms with van der Waals surface area (Å²) < 4.78 is 0. The first kappa shape index (κ1) is 16.3. The molecule has 1 aliphatic heterocycles. The maximum Gasteiger partial charge on any atom is 0.234 e. The van der Waals surface area contributed by atoms with E-state index in [0.717, 1.165) is 25.8 Å². The first-order chi connectivity index (χ1) is 11.8. The van der Waals surface area contributed by atoms with Crippen molar-refractivity contribution in [3.8, 4) is 0 Å². The largest absolute Gasteiger partial charge is 0.352 e. The zero-order valence-electron chi connectivity index (χ0n) is 13.9. The summed E-state index contributed by atoms with van der Waals surface area (Å²) in [6.45, 7) is 1.47. The van der Waals surface area contributed by atoms with E-state index in [-0.39, 0.29) is 11.9 Å². The van der Waals surface area contributed by atoms with Gasteiger partial charge in [-0.25, -0.2) is 0 Å². The zero-order valence-corrected chi connectivity index (χ0v) is 15.5. The topological polar surface area (TPSA) is 32.3 Å². The van der Waals surface area contributed by atoms with Gasteiger partial charge in [-0.2, -0.15) is 0 Å². The molecule has 2 aromatic heterocycles. The summed E-state index contributed by atoms with van der Waals surface area (Å²) in [6.07, 6.45) is 7.19. The molecule has 128 valence electrons. The Kier molecular flexibility index (Phi) is 5.01. The maximum atomic E-state index is 12.6. The van der Waals surface area contributed by atoms with Crippen LogP contribution in [0.15, 0.2) is 29.0 Å². The summed E-state index contributed by atoms with van der Waals surface area (Å²) in [5.74, 6) is 0.196. The molecule has 1 atom stereocenters. The first-order valence-corrected chi connectivity index (χ1v) is 10.7. The number of hydrogen-bond acceptors (Lipinski definition) is 4. The van der Waals surface area contributed by atoms with Crippen LogP contribution >= 0.6 is 22.7 Å². The lowest BCUT2D eigenvalue weighted by Gasteiger charge is -2.35. The van der Waals surface area contributed by atoms with Gasteiger partial charge in [0, 0.05) is 22.3 Å². The van der Waals surface area contributed by atoms with Crippen molar-refractivity contribution in [1.82, 2.24) is 10.2 Å². The van der Waals surface area contributed by atoms with Crippen molar-refractivity contribution in [2.45, 2.75) is 50.6 Å². The minimum Gasteiger partial charge on any atom is -0.352 e. The third kappa shape index (κ3) is 3.44. The Labute approximate surface area is 151 Å². The molecule has 2 aromatic rings. The zero-order chi connectivity index (χ0) is 16.4. The molecule has 5 heteroatoms. The van der Waals surface area contributed by atoms with Crippen molar-refractivity contribution in [3.63, 3.8) is 0 Å². The molecule has 1 saturated carbocycles. The Morgan fingerprint density at radius 3 is 2.83 bits per heavy atom. The number of nitrogens with one attached hydrogen (secondary N) is 1. The van der Waals surface area contributed by atoms with Crippen molar-refractivity contribution < 1.29 is 4.79 Å². The minimum absolute atomic E-state index is 0.196. The smallest absolute Gasteiger partial charge is 0.234 e. The number of amides is 1. The van der Waals surface area contributed by atoms with Crippen LogP contribution in [0.1, 0.15) is 53.5 Å². The van der Waals surface area contributed by atoms with Crippen molar-refractivity contribution in [2.24, 2.45) is 0 Å². The van der Waals surface area contributed by atoms with Crippen LogP contribution in [0, 0.1) is 0 Å². The van der Waals surface area contributed by atoms with E-state index >= 15 is 0 Å². The second-order valence-corrected chi connectivity index (χ2v) is 8.82. The average molecular weight is 361 g/mol. The molecule has 1 aliphatic carbocycles. The van der Waals surface area contributed by atoms with Crippen LogP contribution in [0.2, 0.25) is 0 Å². The summed E-state index contributed by atoms with van der Waals surface area (Å²) in [5.41, 5.74) is 1.40. The molecular weight excluding hydrogens is 336 g/mol. The fourth-order valence-electron chi connectivity index (χ4n) is 4.02. The molecule has 1 amide bonds. The lowest BCUT2D eigenvalue weighted by atomic mass is 9.95. The van der Waals surface area contributed by atoms with Gasteiger partial charge in [-0.3, -0.25) is 9.69 Å². The van der Waals surface area contributed by atoms with E-state index in [0.29, 0.717) is 12.6 Å². The van der Waals surface area contributed by atoms with Gasteiger partial charge in [0.15, 0.2) is 0 Å². The van der Waals surface area contributed by atoms with Gasteiger partial charge in [-0.1, -0.05) is 25.3 Å². The van der Waals surface area contributed by atoms with Gasteiger partial charge in [0.1, 0.15) is 0 Å². The minimum atomic E-state index is 0.196. The van der Waals surface area contributed by atoms with Crippen LogP contribution in [-0.4, -0.2) is 29.9 Å². The van der Waals surface area contributed by atoms with Crippen LogP contribution in [0.5, 0.6) is 0 Å². The predicted octanol–water partition coefficient (Wildman–Crippen LogP) is 4.21. The number of carbonyl (C=O) groups is 1. The highest BCUT2D eigenvalue weighted by Gasteiger charge is 2.31. The number of thiophene rings is 2. The normalized spacial score (nSPS) is 22.2. The third-order valence-electron chi connectivity index (χ3n) is 5.20. The summed E-state index contributed by atoms with van der Waals surface area (Å²) in [5, 5.41) is 7.60. The van der Waals surface area contributed by atoms with Crippen molar-refractivity contribution in [1.29, 1.82) is 0 Å². The molecule has 0 saturated heterocycles. The molecule has 3 nitrogen and oxygen atoms in total. The number of fused-ring (bicyclic) bond motifs is 1. The summed E-state index contributed by atoms with van der Waals surface area (Å²) in [4.78, 5) is 17.8. The monoisotopic (exact) mass is 360 g/mol. The molecule has 0 bridgehead atoms. The van der Waals surface area contributed by atoms with E-state index in [1.807, 2.05) is 11.3 Å². The lowest BCUT2D eigenvalue weighted by molar-refractivity contribution is -0.123. The van der Waals surface area contributed by atoms with Gasteiger partial charge < -0.3 is 5.32 Å². The van der Waals surface area contributed by atoms with Gasteiger partial charge >= 0.3 is 0 Å². The third-order valence-corrected chi connectivity index (χ3v) is 7.12. The number of rotatable bonds is 4. The molecule has 0 spiro atoms. The predicted molar refractivity (Wildman–Crippen MR) is 101 cm³/mol. The molecule has 24 heavy (non-hydrogen) atoms. The van der Waals surface area contributed by atoms with E-state index in [1.54, 1.807) is 11.3 Å². The highest BCUT2D eigenvalue weighted by Crippen LogP contribution is 2.39. The Bertz CT molecular complexity index is 673. The number of nitrogens with zero attached hydrogens (tertiary/aromatic N) is 1. The van der Waals surface area contributed by atoms with E-state index in [2.05, 4.69) is 39.2 Å². The van der Waals surface area contributed by atoms with Crippen molar-refractivity contribution in [2.75, 3.05) is 13.1 Å². The first-order valence-electron chi connectivity index (χ1n) is 8.94. The molecule has 0 radical (unpaired) electrons. The lowest BCUT2D eigenvalue weighted by Crippen LogP contribution is -2.45. The fraction of sp³-hybridized carbons (Fsp3) is 0.526. The molecule has 1 fully saturated rings. The second-order valence-electron chi connectivity index (χ2n) is 6.84. The number of hydrogen-bond donors (Lipinski definition) is 1. The maximum absolute atomic E-state index is 12.6. The van der Waals surface area contributed by atoms with Crippen LogP contribution in [0.3, 0.4) is 0 Å². The fourth-order valence-corrected chi connectivity index (χ4v) is 5.80. The highest BCUT2D eigenvalue weighted by molar-refractivity contribution is 7.10. The molecule has 3 heterocycles. The highest BCUT2D eigenvalue weighted by atomic mass is 32.1. The molecule has 0 unspecified atom stereocenters. The SMILES string of the molecule is O=C(CN1CCc2sccc2[C@@H]1c1cccs1)NC1CCCCC1. The van der Waals surface area contributed by atoms with Gasteiger partial charge in [-0.05, 0) is 47.7 Å². The molecular formula is C19H24N2OS2. The molecule has 2 aliphatic rings. The van der Waals surface area contributed by atoms with Crippen molar-refractivity contribution in [3.05, 3.63) is 44.3 Å². The van der Waals surface area contributed by atoms with Crippen LogP contribution in [0.25, 0.3) is 0 Å². The molecule has 0 aromatic carbocycles. The van der Waals surface area contributed by atoms with Crippen molar-refractivity contribution >= 4 is 28.6 Å². The Balaban J connectivity index is 1.48. The van der Waals surface area contributed by atoms with Crippen LogP contribution in [0.4, 0.5) is 0 Å². The van der Waals surface area contributed by atoms with E-state index < -0.39 is 0 Å². The Hall–Kier alpha value is -1.17. The summed E-state index contributed by atoms with van der Waals surface area (Å²) in [6, 6.07) is 7.20. The quantitative estimate of drug-likeness (QED) is 0.886. The Morgan fingerprint density at radius 1 is 1.17 bits per heavy atom. The number of carbonyl (C=O) groups excluding carboxylic acids is 1. The summed E-state index contributed by atoms with van der Waals surface area (Å²) >= 11 is 3.65.